The van der Waals surface area contributed by atoms with Crippen LogP contribution >= 0.6 is 0 Å². The molecule has 90 valence electrons. The fourth-order valence-corrected chi connectivity index (χ4v) is 2.04. The molecule has 1 aliphatic carbocycles. The fourth-order valence-electron chi connectivity index (χ4n) is 2.04. The van der Waals surface area contributed by atoms with E-state index in [1.807, 2.05) is 0 Å². The summed E-state index contributed by atoms with van der Waals surface area (Å²) in [5.41, 5.74) is -1.28. The molecule has 2 nitrogen and oxygen atoms in total. The smallest absolute Gasteiger partial charge is 0.387 e. The summed E-state index contributed by atoms with van der Waals surface area (Å²) in [4.78, 5) is 0. The lowest BCUT2D eigenvalue weighted by Gasteiger charge is -2.37. The van der Waals surface area contributed by atoms with Gasteiger partial charge in [-0.2, -0.15) is 13.2 Å². The number of hydrogen-bond donors (Lipinski definition) is 1. The second kappa shape index (κ2) is 4.70. The van der Waals surface area contributed by atoms with Crippen molar-refractivity contribution in [3.05, 3.63) is 0 Å². The minimum Gasteiger partial charge on any atom is -0.387 e. The first-order valence-electron chi connectivity index (χ1n) is 5.24. The molecule has 1 saturated carbocycles. The molecule has 0 amide bonds. The molecule has 5 heteroatoms. The molecule has 0 radical (unpaired) electrons. The van der Waals surface area contributed by atoms with Crippen molar-refractivity contribution in [1.29, 1.82) is 0 Å². The highest BCUT2D eigenvalue weighted by Gasteiger charge is 2.46. The van der Waals surface area contributed by atoms with Crippen LogP contribution in [0.25, 0.3) is 0 Å². The lowest BCUT2D eigenvalue weighted by Crippen LogP contribution is -2.43. The first-order chi connectivity index (χ1) is 6.87. The average molecular weight is 226 g/mol. The zero-order valence-electron chi connectivity index (χ0n) is 8.81. The Kier molecular flexibility index (Phi) is 4.00. The molecular formula is C10H17F3O2. The Morgan fingerprint density at radius 2 is 2.13 bits per heavy atom. The molecular weight excluding hydrogens is 209 g/mol. The zero-order valence-corrected chi connectivity index (χ0v) is 8.81. The maximum Gasteiger partial charge on any atom is 0.391 e. The molecule has 0 saturated heterocycles. The number of rotatable bonds is 3. The maximum atomic E-state index is 12.5. The van der Waals surface area contributed by atoms with Crippen molar-refractivity contribution in [1.82, 2.24) is 0 Å². The van der Waals surface area contributed by atoms with E-state index >= 15 is 0 Å². The molecule has 0 aliphatic heterocycles. The minimum absolute atomic E-state index is 0.0100. The Balaban J connectivity index is 2.54. The van der Waals surface area contributed by atoms with Crippen molar-refractivity contribution >= 4 is 0 Å². The number of aliphatic hydroxyl groups is 1. The van der Waals surface area contributed by atoms with Crippen molar-refractivity contribution in [2.75, 3.05) is 13.2 Å². The number of alkyl halides is 3. The van der Waals surface area contributed by atoms with Crippen LogP contribution in [-0.4, -0.2) is 30.1 Å². The van der Waals surface area contributed by atoms with Gasteiger partial charge in [0.15, 0.2) is 0 Å². The summed E-state index contributed by atoms with van der Waals surface area (Å²) in [7, 11) is 0. The molecule has 0 heterocycles. The summed E-state index contributed by atoms with van der Waals surface area (Å²) in [6, 6.07) is 0. The van der Waals surface area contributed by atoms with Crippen molar-refractivity contribution < 1.29 is 23.0 Å². The van der Waals surface area contributed by atoms with Crippen LogP contribution in [-0.2, 0) is 4.74 Å². The van der Waals surface area contributed by atoms with Crippen LogP contribution in [0.5, 0.6) is 0 Å². The van der Waals surface area contributed by atoms with Crippen LogP contribution < -0.4 is 0 Å². The van der Waals surface area contributed by atoms with E-state index < -0.39 is 17.7 Å². The summed E-state index contributed by atoms with van der Waals surface area (Å²) in [6.45, 7) is 2.18. The monoisotopic (exact) mass is 226 g/mol. The van der Waals surface area contributed by atoms with Gasteiger partial charge in [0.25, 0.3) is 0 Å². The van der Waals surface area contributed by atoms with E-state index in [1.165, 1.54) is 0 Å². The van der Waals surface area contributed by atoms with Gasteiger partial charge in [0.1, 0.15) is 0 Å². The second-order valence-corrected chi connectivity index (χ2v) is 4.20. The number of ether oxygens (including phenoxy) is 1. The minimum atomic E-state index is -4.19. The summed E-state index contributed by atoms with van der Waals surface area (Å²) < 4.78 is 42.4. The summed E-state index contributed by atoms with van der Waals surface area (Å²) in [6.07, 6.45) is -3.48. The molecule has 0 aromatic rings. The standard InChI is InChI=1S/C10H17F3O2/c1-2-15-7-9(14)5-3-4-8(6-9)10(11,12)13/h8,14H,2-7H2,1H3. The lowest BCUT2D eigenvalue weighted by molar-refractivity contribution is -0.205. The Labute approximate surface area is 87.4 Å². The van der Waals surface area contributed by atoms with Gasteiger partial charge in [-0.3, -0.25) is 0 Å². The van der Waals surface area contributed by atoms with Crippen LogP contribution in [0.2, 0.25) is 0 Å². The third-order valence-corrected chi connectivity index (χ3v) is 2.86. The summed E-state index contributed by atoms with van der Waals surface area (Å²) in [5, 5.41) is 9.91. The van der Waals surface area contributed by atoms with E-state index in [-0.39, 0.29) is 19.4 Å². The molecule has 1 fully saturated rings. The van der Waals surface area contributed by atoms with Crippen LogP contribution in [0.15, 0.2) is 0 Å². The topological polar surface area (TPSA) is 29.5 Å². The van der Waals surface area contributed by atoms with Crippen LogP contribution in [0.4, 0.5) is 13.2 Å². The van der Waals surface area contributed by atoms with E-state index in [9.17, 15) is 18.3 Å². The molecule has 2 atom stereocenters. The van der Waals surface area contributed by atoms with E-state index in [0.717, 1.165) is 0 Å². The normalized spacial score (nSPS) is 33.0. The van der Waals surface area contributed by atoms with Gasteiger partial charge in [-0.15, -0.1) is 0 Å². The quantitative estimate of drug-likeness (QED) is 0.801. The van der Waals surface area contributed by atoms with Crippen molar-refractivity contribution in [2.45, 2.75) is 44.4 Å². The SMILES string of the molecule is CCOCC1(O)CCCC(C(F)(F)F)C1. The van der Waals surface area contributed by atoms with Crippen molar-refractivity contribution in [2.24, 2.45) is 5.92 Å². The third kappa shape index (κ3) is 3.65. The van der Waals surface area contributed by atoms with Gasteiger partial charge in [0.05, 0.1) is 18.1 Å². The van der Waals surface area contributed by atoms with E-state index in [2.05, 4.69) is 0 Å². The molecule has 0 aromatic heterocycles. The van der Waals surface area contributed by atoms with Gasteiger partial charge in [0, 0.05) is 6.61 Å². The van der Waals surface area contributed by atoms with Gasteiger partial charge >= 0.3 is 6.18 Å². The molecule has 1 aliphatic rings. The van der Waals surface area contributed by atoms with Gasteiger partial charge < -0.3 is 9.84 Å². The van der Waals surface area contributed by atoms with Crippen LogP contribution in [0.1, 0.15) is 32.6 Å². The maximum absolute atomic E-state index is 12.5. The summed E-state index contributed by atoms with van der Waals surface area (Å²) >= 11 is 0. The molecule has 2 unspecified atom stereocenters. The largest absolute Gasteiger partial charge is 0.391 e. The zero-order chi connectivity index (χ0) is 11.5. The van der Waals surface area contributed by atoms with E-state index in [4.69, 9.17) is 4.74 Å². The Bertz CT molecular complexity index is 205. The van der Waals surface area contributed by atoms with Gasteiger partial charge in [-0.05, 0) is 32.6 Å². The first kappa shape index (κ1) is 12.8. The van der Waals surface area contributed by atoms with Gasteiger partial charge in [-0.25, -0.2) is 0 Å². The highest BCUT2D eigenvalue weighted by Crippen LogP contribution is 2.41. The van der Waals surface area contributed by atoms with Crippen LogP contribution in [0.3, 0.4) is 0 Å². The molecule has 0 spiro atoms. The number of halogens is 3. The summed E-state index contributed by atoms with van der Waals surface area (Å²) in [5.74, 6) is -1.38. The Morgan fingerprint density at radius 1 is 1.47 bits per heavy atom. The number of hydrogen-bond acceptors (Lipinski definition) is 2. The van der Waals surface area contributed by atoms with Gasteiger partial charge in [0.2, 0.25) is 0 Å². The Morgan fingerprint density at radius 3 is 2.67 bits per heavy atom. The first-order valence-corrected chi connectivity index (χ1v) is 5.24. The Hall–Kier alpha value is -0.290. The lowest BCUT2D eigenvalue weighted by atomic mass is 9.78. The molecule has 0 bridgehead atoms. The fraction of sp³-hybridized carbons (Fsp3) is 1.00. The molecule has 1 rings (SSSR count). The van der Waals surface area contributed by atoms with Crippen molar-refractivity contribution in [3.8, 4) is 0 Å². The predicted molar refractivity (Wildman–Crippen MR) is 49.5 cm³/mol. The average Bonchev–Trinajstić information content (AvgIpc) is 2.14. The second-order valence-electron chi connectivity index (χ2n) is 4.20. The highest BCUT2D eigenvalue weighted by molar-refractivity contribution is 4.88. The molecule has 0 aromatic carbocycles. The van der Waals surface area contributed by atoms with Crippen molar-refractivity contribution in [3.63, 3.8) is 0 Å². The van der Waals surface area contributed by atoms with E-state index in [0.29, 0.717) is 19.4 Å². The molecule has 15 heavy (non-hydrogen) atoms. The van der Waals surface area contributed by atoms with E-state index in [1.54, 1.807) is 6.92 Å². The highest BCUT2D eigenvalue weighted by atomic mass is 19.4. The third-order valence-electron chi connectivity index (χ3n) is 2.86. The van der Waals surface area contributed by atoms with Gasteiger partial charge in [-0.1, -0.05) is 0 Å². The van der Waals surface area contributed by atoms with Crippen LogP contribution in [0, 0.1) is 5.92 Å². The molecule has 1 N–H and O–H groups in total. The predicted octanol–water partition coefficient (Wildman–Crippen LogP) is 2.51.